The molecular formula is C18H22N2OS2. The summed E-state index contributed by atoms with van der Waals surface area (Å²) >= 11 is 3.97. The number of aromatic nitrogens is 1. The van der Waals surface area contributed by atoms with Crippen LogP contribution in [0.1, 0.15) is 22.7 Å². The normalized spacial score (nSPS) is 23.3. The highest BCUT2D eigenvalue weighted by Crippen LogP contribution is 2.46. The van der Waals surface area contributed by atoms with Gasteiger partial charge in [-0.2, -0.15) is 0 Å². The monoisotopic (exact) mass is 346 g/mol. The molecule has 2 fully saturated rings. The first-order chi connectivity index (χ1) is 11.2. The van der Waals surface area contributed by atoms with Crippen LogP contribution in [-0.2, 0) is 17.9 Å². The third-order valence-electron chi connectivity index (χ3n) is 4.57. The van der Waals surface area contributed by atoms with E-state index in [0.717, 1.165) is 23.7 Å². The number of pyridine rings is 1. The van der Waals surface area contributed by atoms with Crippen molar-refractivity contribution in [3.8, 4) is 0 Å². The zero-order valence-corrected chi connectivity index (χ0v) is 15.0. The van der Waals surface area contributed by atoms with Gasteiger partial charge in [-0.1, -0.05) is 12.1 Å². The highest BCUT2D eigenvalue weighted by molar-refractivity contribution is 8.01. The third-order valence-corrected chi connectivity index (χ3v) is 7.01. The Morgan fingerprint density at radius 3 is 3.00 bits per heavy atom. The Hall–Kier alpha value is -0.880. The maximum Gasteiger partial charge on any atom is 0.0892 e. The van der Waals surface area contributed by atoms with Gasteiger partial charge in [-0.05, 0) is 36.9 Å². The fraction of sp³-hybridized carbons (Fsp3) is 0.500. The van der Waals surface area contributed by atoms with Crippen LogP contribution in [-0.4, -0.2) is 39.6 Å². The highest BCUT2D eigenvalue weighted by atomic mass is 32.2. The van der Waals surface area contributed by atoms with E-state index < -0.39 is 0 Å². The number of thiophene rings is 1. The molecule has 2 aromatic rings. The summed E-state index contributed by atoms with van der Waals surface area (Å²) in [5.74, 6) is 1.12. The van der Waals surface area contributed by atoms with Crippen LogP contribution >= 0.6 is 23.1 Å². The summed E-state index contributed by atoms with van der Waals surface area (Å²) in [5.41, 5.74) is 2.11. The van der Waals surface area contributed by atoms with Crippen molar-refractivity contribution < 1.29 is 4.74 Å². The minimum absolute atomic E-state index is 0.381. The maximum atomic E-state index is 6.12. The Morgan fingerprint density at radius 2 is 2.22 bits per heavy atom. The molecule has 2 saturated heterocycles. The molecular weight excluding hydrogens is 324 g/mol. The van der Waals surface area contributed by atoms with Crippen molar-refractivity contribution in [3.05, 3.63) is 52.0 Å². The second-order valence-corrected chi connectivity index (χ2v) is 9.15. The minimum atomic E-state index is 0.381. The summed E-state index contributed by atoms with van der Waals surface area (Å²) in [6.45, 7) is 6.19. The molecule has 0 aliphatic carbocycles. The molecule has 0 saturated carbocycles. The van der Waals surface area contributed by atoms with Crippen LogP contribution in [0.25, 0.3) is 0 Å². The van der Waals surface area contributed by atoms with Crippen LogP contribution in [0.3, 0.4) is 0 Å². The Labute approximate surface area is 146 Å². The molecule has 0 aromatic carbocycles. The van der Waals surface area contributed by atoms with Gasteiger partial charge < -0.3 is 4.74 Å². The van der Waals surface area contributed by atoms with E-state index in [4.69, 9.17) is 4.74 Å². The van der Waals surface area contributed by atoms with Crippen LogP contribution in [0.4, 0.5) is 0 Å². The van der Waals surface area contributed by atoms with Gasteiger partial charge in [0.1, 0.15) is 0 Å². The molecule has 0 radical (unpaired) electrons. The molecule has 2 aliphatic rings. The van der Waals surface area contributed by atoms with Gasteiger partial charge in [-0.25, -0.2) is 0 Å². The quantitative estimate of drug-likeness (QED) is 0.824. The number of ether oxygens (including phenoxy) is 1. The smallest absolute Gasteiger partial charge is 0.0892 e. The number of hydrogen-bond donors (Lipinski definition) is 0. The number of rotatable bonds is 5. The molecule has 122 valence electrons. The second kappa shape index (κ2) is 6.55. The lowest BCUT2D eigenvalue weighted by Gasteiger charge is -2.47. The van der Waals surface area contributed by atoms with Crippen molar-refractivity contribution in [3.63, 3.8) is 0 Å². The molecule has 1 spiro atoms. The standard InChI is InChI=1S/C18H22N2OS2/c1-14-4-2-5-15(19-14)10-21-16-8-18(23-11-16)12-20(13-18)9-17-6-3-7-22-17/h2-7,16H,8-13H2,1H3. The molecule has 4 heterocycles. The van der Waals surface area contributed by atoms with Crippen LogP contribution in [0, 0.1) is 6.92 Å². The van der Waals surface area contributed by atoms with Gasteiger partial charge in [0, 0.05) is 40.7 Å². The number of aryl methyl sites for hydroxylation is 1. The summed E-state index contributed by atoms with van der Waals surface area (Å²) in [7, 11) is 0. The van der Waals surface area contributed by atoms with Gasteiger partial charge in [0.15, 0.2) is 0 Å². The first-order valence-corrected chi connectivity index (χ1v) is 10.0. The van der Waals surface area contributed by atoms with E-state index in [1.54, 1.807) is 0 Å². The first-order valence-electron chi connectivity index (χ1n) is 8.14. The minimum Gasteiger partial charge on any atom is -0.371 e. The van der Waals surface area contributed by atoms with E-state index in [9.17, 15) is 0 Å². The number of hydrogen-bond acceptors (Lipinski definition) is 5. The highest BCUT2D eigenvalue weighted by Gasteiger charge is 2.49. The summed E-state index contributed by atoms with van der Waals surface area (Å²) in [6, 6.07) is 10.5. The topological polar surface area (TPSA) is 25.4 Å². The van der Waals surface area contributed by atoms with Gasteiger partial charge in [0.25, 0.3) is 0 Å². The van der Waals surface area contributed by atoms with E-state index in [1.807, 2.05) is 24.3 Å². The summed E-state index contributed by atoms with van der Waals surface area (Å²) < 4.78 is 6.56. The Balaban J connectivity index is 1.24. The lowest BCUT2D eigenvalue weighted by atomic mass is 9.93. The zero-order chi connectivity index (χ0) is 15.7. The van der Waals surface area contributed by atoms with Crippen molar-refractivity contribution in [1.82, 2.24) is 9.88 Å². The Kier molecular flexibility index (Phi) is 4.46. The van der Waals surface area contributed by atoms with E-state index in [-0.39, 0.29) is 0 Å². The van der Waals surface area contributed by atoms with Crippen LogP contribution in [0.15, 0.2) is 35.7 Å². The van der Waals surface area contributed by atoms with Crippen molar-refractivity contribution in [2.45, 2.75) is 37.3 Å². The van der Waals surface area contributed by atoms with Crippen LogP contribution < -0.4 is 0 Å². The molecule has 0 amide bonds. The summed E-state index contributed by atoms with van der Waals surface area (Å²) in [4.78, 5) is 8.55. The molecule has 5 heteroatoms. The summed E-state index contributed by atoms with van der Waals surface area (Å²) in [6.07, 6.45) is 1.57. The second-order valence-electron chi connectivity index (χ2n) is 6.63. The molecule has 3 nitrogen and oxygen atoms in total. The van der Waals surface area contributed by atoms with Crippen molar-refractivity contribution in [2.24, 2.45) is 0 Å². The van der Waals surface area contributed by atoms with Gasteiger partial charge in [0.2, 0.25) is 0 Å². The van der Waals surface area contributed by atoms with Crippen molar-refractivity contribution >= 4 is 23.1 Å². The predicted octanol–water partition coefficient (Wildman–Crippen LogP) is 3.73. The van der Waals surface area contributed by atoms with Gasteiger partial charge in [0.05, 0.1) is 18.4 Å². The average molecular weight is 347 g/mol. The number of nitrogens with zero attached hydrogens (tertiary/aromatic N) is 2. The van der Waals surface area contributed by atoms with Crippen LogP contribution in [0.2, 0.25) is 0 Å². The van der Waals surface area contributed by atoms with Gasteiger partial charge in [-0.15, -0.1) is 23.1 Å². The third kappa shape index (κ3) is 3.63. The molecule has 0 bridgehead atoms. The molecule has 1 atom stereocenters. The molecule has 1 unspecified atom stereocenters. The zero-order valence-electron chi connectivity index (χ0n) is 13.4. The average Bonchev–Trinajstić information content (AvgIpc) is 3.15. The van der Waals surface area contributed by atoms with Crippen molar-refractivity contribution in [1.29, 1.82) is 0 Å². The fourth-order valence-electron chi connectivity index (χ4n) is 3.52. The van der Waals surface area contributed by atoms with Gasteiger partial charge >= 0.3 is 0 Å². The van der Waals surface area contributed by atoms with Gasteiger partial charge in [-0.3, -0.25) is 9.88 Å². The van der Waals surface area contributed by atoms with Crippen LogP contribution in [0.5, 0.6) is 0 Å². The molecule has 2 aliphatic heterocycles. The van der Waals surface area contributed by atoms with E-state index in [0.29, 0.717) is 17.5 Å². The lowest BCUT2D eigenvalue weighted by Crippen LogP contribution is -2.58. The molecule has 2 aromatic heterocycles. The maximum absolute atomic E-state index is 6.12. The lowest BCUT2D eigenvalue weighted by molar-refractivity contribution is 0.0253. The summed E-state index contributed by atoms with van der Waals surface area (Å²) in [5, 5.41) is 2.17. The first kappa shape index (κ1) is 15.6. The number of likely N-dealkylation sites (tertiary alicyclic amines) is 1. The Bertz CT molecular complexity index is 653. The Morgan fingerprint density at radius 1 is 1.30 bits per heavy atom. The van der Waals surface area contributed by atoms with E-state index >= 15 is 0 Å². The SMILES string of the molecule is Cc1cccc(COC2CSC3(C2)CN(Cc2cccs2)C3)n1. The predicted molar refractivity (Wildman–Crippen MR) is 97.0 cm³/mol. The number of thioether (sulfide) groups is 1. The molecule has 4 rings (SSSR count). The van der Waals surface area contributed by atoms with Crippen molar-refractivity contribution in [2.75, 3.05) is 18.8 Å². The largest absolute Gasteiger partial charge is 0.371 e. The fourth-order valence-corrected chi connectivity index (χ4v) is 5.87. The van der Waals surface area contributed by atoms with E-state index in [2.05, 4.69) is 51.3 Å². The molecule has 0 N–H and O–H groups in total. The van der Waals surface area contributed by atoms with E-state index in [1.165, 1.54) is 24.4 Å². The molecule has 23 heavy (non-hydrogen) atoms.